The molecule has 0 saturated carbocycles. The van der Waals surface area contributed by atoms with Crippen molar-refractivity contribution in [3.05, 3.63) is 14.7 Å². The molecule has 0 atom stereocenters. The molecule has 2 heterocycles. The van der Waals surface area contributed by atoms with E-state index in [1.54, 1.807) is 0 Å². The van der Waals surface area contributed by atoms with Crippen LogP contribution in [0.5, 0.6) is 0 Å². The number of carboxylic acid groups (broad SMARTS) is 1. The quantitative estimate of drug-likeness (QED) is 0.874. The predicted octanol–water partition coefficient (Wildman–Crippen LogP) is 1.62. The van der Waals surface area contributed by atoms with Crippen LogP contribution in [-0.2, 0) is 14.8 Å². The Balaban J connectivity index is 2.35. The molecule has 1 aromatic heterocycles. The van der Waals surface area contributed by atoms with Crippen LogP contribution in [0.3, 0.4) is 0 Å². The molecule has 1 aliphatic rings. The second-order valence-corrected chi connectivity index (χ2v) is 8.20. The Morgan fingerprint density at radius 2 is 2.16 bits per heavy atom. The van der Waals surface area contributed by atoms with Gasteiger partial charge in [0.25, 0.3) is 0 Å². The maximum absolute atomic E-state index is 12.5. The number of sulfonamides is 1. The van der Waals surface area contributed by atoms with E-state index in [9.17, 15) is 13.2 Å². The summed E-state index contributed by atoms with van der Waals surface area (Å²) in [5, 5.41) is 8.90. The number of ether oxygens (including phenoxy) is 1. The first kappa shape index (κ1) is 14.9. The summed E-state index contributed by atoms with van der Waals surface area (Å²) < 4.78 is 31.8. The lowest BCUT2D eigenvalue weighted by atomic mass is 10.5. The van der Waals surface area contributed by atoms with Gasteiger partial charge in [-0.3, -0.25) is 0 Å². The fraction of sp³-hybridized carbons (Fsp3) is 0.500. The molecule has 0 spiro atoms. The third-order valence-electron chi connectivity index (χ3n) is 2.67. The van der Waals surface area contributed by atoms with Gasteiger partial charge >= 0.3 is 5.97 Å². The number of aromatic carboxylic acids is 1. The van der Waals surface area contributed by atoms with E-state index in [-0.39, 0.29) is 16.3 Å². The molecule has 0 aromatic carbocycles. The van der Waals surface area contributed by atoms with E-state index in [0.717, 1.165) is 11.3 Å². The minimum atomic E-state index is -3.68. The fourth-order valence-corrected chi connectivity index (χ4v) is 5.55. The largest absolute Gasteiger partial charge is 0.477 e. The van der Waals surface area contributed by atoms with Crippen molar-refractivity contribution in [3.63, 3.8) is 0 Å². The maximum atomic E-state index is 12.5. The van der Waals surface area contributed by atoms with Gasteiger partial charge in [-0.1, -0.05) is 0 Å². The molecule has 9 heteroatoms. The van der Waals surface area contributed by atoms with Gasteiger partial charge in [0.15, 0.2) is 0 Å². The molecule has 1 aliphatic heterocycles. The molecule has 0 radical (unpaired) electrons. The van der Waals surface area contributed by atoms with Gasteiger partial charge in [0.2, 0.25) is 10.0 Å². The van der Waals surface area contributed by atoms with Crippen molar-refractivity contribution in [1.82, 2.24) is 4.31 Å². The molecule has 19 heavy (non-hydrogen) atoms. The number of rotatable bonds is 3. The van der Waals surface area contributed by atoms with Gasteiger partial charge < -0.3 is 9.84 Å². The molecule has 0 unspecified atom stereocenters. The van der Waals surface area contributed by atoms with Crippen LogP contribution in [-0.4, -0.2) is 50.1 Å². The molecule has 1 aromatic rings. The second-order valence-electron chi connectivity index (χ2n) is 3.92. The van der Waals surface area contributed by atoms with Crippen molar-refractivity contribution in [2.24, 2.45) is 0 Å². The van der Waals surface area contributed by atoms with E-state index in [1.165, 1.54) is 10.4 Å². The molecule has 1 saturated heterocycles. The molecule has 1 fully saturated rings. The molecule has 2 rings (SSSR count). The van der Waals surface area contributed by atoms with E-state index in [4.69, 9.17) is 9.84 Å². The van der Waals surface area contributed by atoms with E-state index in [2.05, 4.69) is 15.9 Å². The first-order chi connectivity index (χ1) is 8.93. The first-order valence-corrected chi connectivity index (χ1v) is 8.58. The molecule has 0 aliphatic carbocycles. The Morgan fingerprint density at radius 3 is 2.79 bits per heavy atom. The van der Waals surface area contributed by atoms with Gasteiger partial charge in [-0.15, -0.1) is 11.3 Å². The second kappa shape index (κ2) is 5.88. The summed E-state index contributed by atoms with van der Waals surface area (Å²) in [4.78, 5) is 10.9. The van der Waals surface area contributed by atoms with Gasteiger partial charge in [0, 0.05) is 19.7 Å². The average Bonchev–Trinajstić information content (AvgIpc) is 2.59. The highest BCUT2D eigenvalue weighted by molar-refractivity contribution is 9.11. The highest BCUT2D eigenvalue weighted by atomic mass is 79.9. The van der Waals surface area contributed by atoms with Crippen LogP contribution in [0.25, 0.3) is 0 Å². The number of hydrogen-bond acceptors (Lipinski definition) is 5. The summed E-state index contributed by atoms with van der Waals surface area (Å²) in [6.45, 7) is 1.56. The first-order valence-electron chi connectivity index (χ1n) is 5.53. The third-order valence-corrected chi connectivity index (χ3v) is 6.80. The van der Waals surface area contributed by atoms with E-state index >= 15 is 0 Å². The van der Waals surface area contributed by atoms with Gasteiger partial charge in [0.05, 0.1) is 10.4 Å². The van der Waals surface area contributed by atoms with Crippen molar-refractivity contribution in [1.29, 1.82) is 0 Å². The van der Waals surface area contributed by atoms with Gasteiger partial charge in [-0.2, -0.15) is 4.31 Å². The maximum Gasteiger partial charge on any atom is 0.345 e. The summed E-state index contributed by atoms with van der Waals surface area (Å²) in [7, 11) is -3.68. The normalized spacial score (nSPS) is 18.2. The van der Waals surface area contributed by atoms with Crippen molar-refractivity contribution in [2.75, 3.05) is 26.3 Å². The Morgan fingerprint density at radius 1 is 1.42 bits per heavy atom. The summed E-state index contributed by atoms with van der Waals surface area (Å²) in [6.07, 6.45) is 0.632. The Hall–Kier alpha value is -0.480. The average molecular weight is 370 g/mol. The topological polar surface area (TPSA) is 83.9 Å². The third kappa shape index (κ3) is 3.16. The number of halogens is 1. The molecule has 0 amide bonds. The molecule has 6 nitrogen and oxygen atoms in total. The van der Waals surface area contributed by atoms with Gasteiger partial charge in [-0.05, 0) is 28.4 Å². The highest BCUT2D eigenvalue weighted by Gasteiger charge is 2.29. The Bertz CT molecular complexity index is 575. The molecular formula is C10H12BrNO5S2. The molecule has 1 N–H and O–H groups in total. The van der Waals surface area contributed by atoms with Crippen molar-refractivity contribution in [2.45, 2.75) is 11.3 Å². The van der Waals surface area contributed by atoms with Gasteiger partial charge in [-0.25, -0.2) is 13.2 Å². The number of carbonyl (C=O) groups is 1. The minimum absolute atomic E-state index is 0.00322. The SMILES string of the molecule is O=C(O)c1cc(S(=O)(=O)N2CCCOCC2)c(Br)s1. The van der Waals surface area contributed by atoms with Crippen LogP contribution in [0.2, 0.25) is 0 Å². The van der Waals surface area contributed by atoms with Crippen LogP contribution in [0, 0.1) is 0 Å². The zero-order valence-electron chi connectivity index (χ0n) is 9.83. The van der Waals surface area contributed by atoms with E-state index in [0.29, 0.717) is 30.0 Å². The van der Waals surface area contributed by atoms with Crippen LogP contribution in [0.4, 0.5) is 0 Å². The zero-order chi connectivity index (χ0) is 14.0. The van der Waals surface area contributed by atoms with E-state index in [1.807, 2.05) is 0 Å². The standard InChI is InChI=1S/C10H12BrNO5S2/c11-9-8(6-7(18-9)10(13)14)19(15,16)12-2-1-4-17-5-3-12/h6H,1-5H2,(H,13,14). The zero-order valence-corrected chi connectivity index (χ0v) is 13.1. The number of nitrogens with zero attached hydrogens (tertiary/aromatic N) is 1. The lowest BCUT2D eigenvalue weighted by molar-refractivity contribution is 0.0702. The van der Waals surface area contributed by atoms with Gasteiger partial charge in [0.1, 0.15) is 9.77 Å². The monoisotopic (exact) mass is 369 g/mol. The van der Waals surface area contributed by atoms with Crippen LogP contribution >= 0.6 is 27.3 Å². The smallest absolute Gasteiger partial charge is 0.345 e. The molecular weight excluding hydrogens is 358 g/mol. The van der Waals surface area contributed by atoms with E-state index < -0.39 is 16.0 Å². The Labute approximate surface area is 123 Å². The fourth-order valence-electron chi connectivity index (χ4n) is 1.74. The van der Waals surface area contributed by atoms with Crippen molar-refractivity contribution in [3.8, 4) is 0 Å². The highest BCUT2D eigenvalue weighted by Crippen LogP contribution is 2.33. The van der Waals surface area contributed by atoms with Crippen molar-refractivity contribution < 1.29 is 23.1 Å². The predicted molar refractivity (Wildman–Crippen MR) is 73.2 cm³/mol. The van der Waals surface area contributed by atoms with Crippen LogP contribution in [0.1, 0.15) is 16.1 Å². The summed E-state index contributed by atoms with van der Waals surface area (Å²) >= 11 is 4.02. The number of thiophene rings is 1. The Kier molecular flexibility index (Phi) is 4.62. The number of hydrogen-bond donors (Lipinski definition) is 1. The van der Waals surface area contributed by atoms with Crippen LogP contribution < -0.4 is 0 Å². The summed E-state index contributed by atoms with van der Waals surface area (Å²) in [6, 6.07) is 1.19. The lowest BCUT2D eigenvalue weighted by Gasteiger charge is -2.18. The summed E-state index contributed by atoms with van der Waals surface area (Å²) in [5.74, 6) is -1.13. The summed E-state index contributed by atoms with van der Waals surface area (Å²) in [5.41, 5.74) is 0. The lowest BCUT2D eigenvalue weighted by Crippen LogP contribution is -2.33. The molecule has 106 valence electrons. The molecule has 0 bridgehead atoms. The number of carboxylic acids is 1. The van der Waals surface area contributed by atoms with Crippen LogP contribution in [0.15, 0.2) is 14.7 Å². The van der Waals surface area contributed by atoms with Crippen molar-refractivity contribution >= 4 is 43.3 Å². The minimum Gasteiger partial charge on any atom is -0.477 e.